The van der Waals surface area contributed by atoms with E-state index in [9.17, 15) is 13.2 Å². The van der Waals surface area contributed by atoms with Crippen molar-refractivity contribution in [2.24, 2.45) is 5.92 Å². The molecule has 0 unspecified atom stereocenters. The first-order valence-corrected chi connectivity index (χ1v) is 11.4. The van der Waals surface area contributed by atoms with Crippen LogP contribution in [0.4, 0.5) is 0 Å². The number of rotatable bonds is 6. The van der Waals surface area contributed by atoms with Gasteiger partial charge in [0, 0.05) is 18.1 Å². The molecule has 6 heteroatoms. The lowest BCUT2D eigenvalue weighted by atomic mass is 9.90. The third kappa shape index (κ3) is 6.08. The van der Waals surface area contributed by atoms with Gasteiger partial charge in [-0.25, -0.2) is 8.42 Å². The van der Waals surface area contributed by atoms with Crippen LogP contribution in [-0.2, 0) is 26.8 Å². The SMILES string of the molecule is O=C(CS(=O)(=O)Cc1ccc(Cl)cc1)N1CCC(Cc2ccccc2)CC1. The van der Waals surface area contributed by atoms with Crippen LogP contribution in [0.1, 0.15) is 24.0 Å². The van der Waals surface area contributed by atoms with Gasteiger partial charge in [0.15, 0.2) is 9.84 Å². The third-order valence-corrected chi connectivity index (χ3v) is 6.69. The minimum absolute atomic E-state index is 0.139. The number of carbonyl (C=O) groups excluding carboxylic acids is 1. The van der Waals surface area contributed by atoms with Crippen molar-refractivity contribution in [3.63, 3.8) is 0 Å². The normalized spacial score (nSPS) is 15.7. The van der Waals surface area contributed by atoms with Gasteiger partial charge in [-0.3, -0.25) is 4.79 Å². The molecule has 2 aromatic rings. The number of amides is 1. The predicted octanol–water partition coefficient (Wildman–Crippen LogP) is 3.74. The average molecular weight is 406 g/mol. The summed E-state index contributed by atoms with van der Waals surface area (Å²) in [6, 6.07) is 17.0. The third-order valence-electron chi connectivity index (χ3n) is 4.98. The van der Waals surface area contributed by atoms with Gasteiger partial charge in [-0.2, -0.15) is 0 Å². The predicted molar refractivity (Wildman–Crippen MR) is 108 cm³/mol. The van der Waals surface area contributed by atoms with Crippen LogP contribution < -0.4 is 0 Å². The van der Waals surface area contributed by atoms with Crippen LogP contribution in [0, 0.1) is 5.92 Å². The van der Waals surface area contributed by atoms with E-state index in [1.807, 2.05) is 18.2 Å². The van der Waals surface area contributed by atoms with E-state index < -0.39 is 15.6 Å². The van der Waals surface area contributed by atoms with E-state index in [0.29, 0.717) is 29.6 Å². The number of nitrogens with zero attached hydrogens (tertiary/aromatic N) is 1. The molecule has 3 rings (SSSR count). The van der Waals surface area contributed by atoms with Gasteiger partial charge in [-0.1, -0.05) is 54.1 Å². The van der Waals surface area contributed by atoms with E-state index in [0.717, 1.165) is 19.3 Å². The summed E-state index contributed by atoms with van der Waals surface area (Å²) in [6.45, 7) is 1.26. The fourth-order valence-electron chi connectivity index (χ4n) is 3.50. The Morgan fingerprint density at radius 3 is 2.22 bits per heavy atom. The fraction of sp³-hybridized carbons (Fsp3) is 0.381. The Morgan fingerprint density at radius 2 is 1.59 bits per heavy atom. The Morgan fingerprint density at radius 1 is 0.963 bits per heavy atom. The van der Waals surface area contributed by atoms with Gasteiger partial charge >= 0.3 is 0 Å². The number of benzene rings is 2. The number of sulfone groups is 1. The van der Waals surface area contributed by atoms with Crippen LogP contribution in [0.15, 0.2) is 54.6 Å². The first-order chi connectivity index (χ1) is 12.9. The van der Waals surface area contributed by atoms with Crippen molar-refractivity contribution in [3.8, 4) is 0 Å². The van der Waals surface area contributed by atoms with E-state index in [-0.39, 0.29) is 11.7 Å². The maximum atomic E-state index is 12.4. The lowest BCUT2D eigenvalue weighted by molar-refractivity contribution is -0.129. The summed E-state index contributed by atoms with van der Waals surface area (Å²) in [7, 11) is -3.49. The Bertz CT molecular complexity index is 858. The van der Waals surface area contributed by atoms with E-state index in [4.69, 9.17) is 11.6 Å². The molecule has 0 atom stereocenters. The largest absolute Gasteiger partial charge is 0.342 e. The van der Waals surface area contributed by atoms with E-state index in [1.165, 1.54) is 5.56 Å². The van der Waals surface area contributed by atoms with Crippen molar-refractivity contribution in [3.05, 3.63) is 70.7 Å². The van der Waals surface area contributed by atoms with Crippen molar-refractivity contribution in [2.45, 2.75) is 25.0 Å². The van der Waals surface area contributed by atoms with Crippen LogP contribution in [0.5, 0.6) is 0 Å². The molecule has 2 aromatic carbocycles. The molecule has 1 amide bonds. The highest BCUT2D eigenvalue weighted by Crippen LogP contribution is 2.22. The molecule has 1 fully saturated rings. The van der Waals surface area contributed by atoms with Gasteiger partial charge in [-0.05, 0) is 48.4 Å². The van der Waals surface area contributed by atoms with Gasteiger partial charge in [0.1, 0.15) is 5.75 Å². The number of piperidine rings is 1. The Labute approximate surface area is 166 Å². The smallest absolute Gasteiger partial charge is 0.237 e. The number of likely N-dealkylation sites (tertiary alicyclic amines) is 1. The zero-order chi connectivity index (χ0) is 19.3. The highest BCUT2D eigenvalue weighted by Gasteiger charge is 2.26. The molecular weight excluding hydrogens is 382 g/mol. The van der Waals surface area contributed by atoms with E-state index in [1.54, 1.807) is 29.2 Å². The van der Waals surface area contributed by atoms with E-state index >= 15 is 0 Å². The molecule has 4 nitrogen and oxygen atoms in total. The second-order valence-corrected chi connectivity index (χ2v) is 9.67. The van der Waals surface area contributed by atoms with Crippen LogP contribution in [0.25, 0.3) is 0 Å². The number of carbonyl (C=O) groups is 1. The van der Waals surface area contributed by atoms with Crippen LogP contribution in [0.2, 0.25) is 5.02 Å². The van der Waals surface area contributed by atoms with Gasteiger partial charge in [0.25, 0.3) is 0 Å². The zero-order valence-corrected chi connectivity index (χ0v) is 16.8. The summed E-state index contributed by atoms with van der Waals surface area (Å²) in [6.07, 6.45) is 2.84. The van der Waals surface area contributed by atoms with Crippen molar-refractivity contribution in [1.29, 1.82) is 0 Å². The first-order valence-electron chi connectivity index (χ1n) is 9.18. The molecule has 0 aliphatic carbocycles. The second-order valence-electron chi connectivity index (χ2n) is 7.17. The van der Waals surface area contributed by atoms with Crippen molar-refractivity contribution >= 4 is 27.3 Å². The first kappa shape index (κ1) is 19.9. The molecule has 0 spiro atoms. The molecule has 0 saturated carbocycles. The monoisotopic (exact) mass is 405 g/mol. The summed E-state index contributed by atoms with van der Waals surface area (Å²) in [5.74, 6) is -0.316. The van der Waals surface area contributed by atoms with Crippen molar-refractivity contribution in [2.75, 3.05) is 18.8 Å². The summed E-state index contributed by atoms with van der Waals surface area (Å²) >= 11 is 5.82. The fourth-order valence-corrected chi connectivity index (χ4v) is 4.99. The molecule has 0 aromatic heterocycles. The van der Waals surface area contributed by atoms with Crippen LogP contribution >= 0.6 is 11.6 Å². The molecular formula is C21H24ClNO3S. The van der Waals surface area contributed by atoms with Gasteiger partial charge in [-0.15, -0.1) is 0 Å². The Kier molecular flexibility index (Phi) is 6.55. The number of halogens is 1. The zero-order valence-electron chi connectivity index (χ0n) is 15.2. The number of hydrogen-bond acceptors (Lipinski definition) is 3. The Balaban J connectivity index is 1.49. The van der Waals surface area contributed by atoms with Crippen molar-refractivity contribution < 1.29 is 13.2 Å². The quantitative estimate of drug-likeness (QED) is 0.735. The molecule has 1 aliphatic heterocycles. The average Bonchev–Trinajstić information content (AvgIpc) is 2.64. The molecule has 144 valence electrons. The van der Waals surface area contributed by atoms with Crippen LogP contribution in [0.3, 0.4) is 0 Å². The number of hydrogen-bond donors (Lipinski definition) is 0. The minimum atomic E-state index is -3.49. The van der Waals surface area contributed by atoms with Gasteiger partial charge in [0.2, 0.25) is 5.91 Å². The topological polar surface area (TPSA) is 54.5 Å². The van der Waals surface area contributed by atoms with Gasteiger partial charge in [0.05, 0.1) is 5.75 Å². The second kappa shape index (κ2) is 8.89. The summed E-state index contributed by atoms with van der Waals surface area (Å²) in [5, 5.41) is 0.561. The summed E-state index contributed by atoms with van der Waals surface area (Å²) in [5.41, 5.74) is 1.96. The highest BCUT2D eigenvalue weighted by atomic mass is 35.5. The van der Waals surface area contributed by atoms with E-state index in [2.05, 4.69) is 12.1 Å². The molecule has 1 saturated heterocycles. The van der Waals surface area contributed by atoms with Crippen LogP contribution in [-0.4, -0.2) is 38.1 Å². The highest BCUT2D eigenvalue weighted by molar-refractivity contribution is 7.91. The lowest BCUT2D eigenvalue weighted by Crippen LogP contribution is -2.41. The maximum Gasteiger partial charge on any atom is 0.237 e. The standard InChI is InChI=1S/C21H24ClNO3S/c22-20-8-6-19(7-9-20)15-27(25,26)16-21(24)23-12-10-18(11-13-23)14-17-4-2-1-3-5-17/h1-9,18H,10-16H2. The van der Waals surface area contributed by atoms with Crippen molar-refractivity contribution in [1.82, 2.24) is 4.90 Å². The van der Waals surface area contributed by atoms with Gasteiger partial charge < -0.3 is 4.90 Å². The molecule has 1 heterocycles. The Hall–Kier alpha value is -1.85. The molecule has 0 N–H and O–H groups in total. The lowest BCUT2D eigenvalue weighted by Gasteiger charge is -2.32. The molecule has 1 aliphatic rings. The summed E-state index contributed by atoms with van der Waals surface area (Å²) in [4.78, 5) is 14.1. The minimum Gasteiger partial charge on any atom is -0.342 e. The summed E-state index contributed by atoms with van der Waals surface area (Å²) < 4.78 is 24.7. The maximum absolute atomic E-state index is 12.4. The molecule has 0 bridgehead atoms. The molecule has 27 heavy (non-hydrogen) atoms. The molecule has 0 radical (unpaired) electrons.